The van der Waals surface area contributed by atoms with E-state index in [4.69, 9.17) is 9.47 Å². The van der Waals surface area contributed by atoms with Gasteiger partial charge in [-0.25, -0.2) is 0 Å². The average Bonchev–Trinajstić information content (AvgIpc) is 2.35. The molecule has 2 aliphatic heterocycles. The van der Waals surface area contributed by atoms with Crippen molar-refractivity contribution in [1.29, 1.82) is 0 Å². The van der Waals surface area contributed by atoms with E-state index in [-0.39, 0.29) is 5.60 Å². The molecule has 1 N–H and O–H groups in total. The predicted molar refractivity (Wildman–Crippen MR) is 68.3 cm³/mol. The summed E-state index contributed by atoms with van der Waals surface area (Å²) in [4.78, 5) is 4.46. The molecule has 2 fully saturated rings. The average molecular weight is 248 g/mol. The molecule has 3 heterocycles. The minimum absolute atomic E-state index is 0.0585. The molecule has 0 amide bonds. The molecule has 2 aliphatic rings. The number of hydrogen-bond donors (Lipinski definition) is 1. The fourth-order valence-corrected chi connectivity index (χ4v) is 2.66. The molecule has 0 radical (unpaired) electrons. The van der Waals surface area contributed by atoms with Crippen LogP contribution in [0, 0.1) is 6.92 Å². The number of nitrogens with one attached hydrogen (secondary N) is 1. The Morgan fingerprint density at radius 1 is 1.50 bits per heavy atom. The maximum atomic E-state index is 5.98. The zero-order chi connectivity index (χ0) is 12.4. The third-order valence-electron chi connectivity index (χ3n) is 3.76. The van der Waals surface area contributed by atoms with E-state index in [0.29, 0.717) is 12.7 Å². The van der Waals surface area contributed by atoms with E-state index in [9.17, 15) is 0 Å². The lowest BCUT2D eigenvalue weighted by Gasteiger charge is -2.47. The van der Waals surface area contributed by atoms with Crippen LogP contribution < -0.4 is 5.32 Å². The van der Waals surface area contributed by atoms with E-state index < -0.39 is 0 Å². The number of hydrogen-bond acceptors (Lipinski definition) is 4. The first-order chi connectivity index (χ1) is 8.76. The molecule has 1 aromatic rings. The molecule has 0 aromatic carbocycles. The van der Waals surface area contributed by atoms with Crippen LogP contribution in [0.5, 0.6) is 0 Å². The van der Waals surface area contributed by atoms with Crippen LogP contribution in [-0.4, -0.2) is 36.4 Å². The highest BCUT2D eigenvalue weighted by atomic mass is 16.5. The van der Waals surface area contributed by atoms with Crippen molar-refractivity contribution in [3.05, 3.63) is 29.6 Å². The summed E-state index contributed by atoms with van der Waals surface area (Å²) in [6.45, 7) is 5.36. The number of nitrogens with zero attached hydrogens (tertiary/aromatic N) is 1. The standard InChI is InChI=1S/C14H20N2O2/c1-11-3-2-4-12(16-11)8-17-13-5-6-18-14(7-13)9-15-10-14/h2-4,13,15H,5-10H2,1H3/t13-/m1/s1. The lowest BCUT2D eigenvalue weighted by molar-refractivity contribution is -0.158. The quantitative estimate of drug-likeness (QED) is 0.878. The van der Waals surface area contributed by atoms with Crippen molar-refractivity contribution in [2.75, 3.05) is 19.7 Å². The maximum absolute atomic E-state index is 5.98. The van der Waals surface area contributed by atoms with E-state index in [1.165, 1.54) is 0 Å². The van der Waals surface area contributed by atoms with E-state index in [1.807, 2.05) is 25.1 Å². The summed E-state index contributed by atoms with van der Waals surface area (Å²) in [5.74, 6) is 0. The molecule has 4 heteroatoms. The van der Waals surface area contributed by atoms with Gasteiger partial charge in [0.05, 0.1) is 24.0 Å². The summed E-state index contributed by atoms with van der Waals surface area (Å²) in [6.07, 6.45) is 2.31. The Morgan fingerprint density at radius 2 is 2.39 bits per heavy atom. The molecule has 1 spiro atoms. The van der Waals surface area contributed by atoms with Crippen molar-refractivity contribution in [2.24, 2.45) is 0 Å². The highest BCUT2D eigenvalue weighted by Gasteiger charge is 2.42. The first-order valence-corrected chi connectivity index (χ1v) is 6.65. The number of rotatable bonds is 3. The molecule has 0 bridgehead atoms. The van der Waals surface area contributed by atoms with Crippen LogP contribution in [0.1, 0.15) is 24.2 Å². The SMILES string of the molecule is Cc1cccc(CO[C@@H]2CCOC3(CNC3)C2)n1. The Hall–Kier alpha value is -0.970. The van der Waals surface area contributed by atoms with Gasteiger partial charge in [0.2, 0.25) is 0 Å². The zero-order valence-electron chi connectivity index (χ0n) is 10.8. The van der Waals surface area contributed by atoms with Gasteiger partial charge >= 0.3 is 0 Å². The van der Waals surface area contributed by atoms with Crippen LogP contribution in [-0.2, 0) is 16.1 Å². The topological polar surface area (TPSA) is 43.4 Å². The molecule has 1 atom stereocenters. The van der Waals surface area contributed by atoms with Crippen molar-refractivity contribution in [3.8, 4) is 0 Å². The molecule has 1 aromatic heterocycles. The molecule has 0 aliphatic carbocycles. The van der Waals surface area contributed by atoms with E-state index in [2.05, 4.69) is 10.3 Å². The second kappa shape index (κ2) is 4.96. The Balaban J connectivity index is 1.53. The van der Waals surface area contributed by atoms with E-state index in [0.717, 1.165) is 43.9 Å². The first kappa shape index (κ1) is 12.1. The van der Waals surface area contributed by atoms with Gasteiger partial charge < -0.3 is 14.8 Å². The van der Waals surface area contributed by atoms with Crippen molar-refractivity contribution in [2.45, 2.75) is 38.1 Å². The van der Waals surface area contributed by atoms with Gasteiger partial charge in [-0.3, -0.25) is 4.98 Å². The normalized spacial score (nSPS) is 25.9. The van der Waals surface area contributed by atoms with Crippen molar-refractivity contribution in [1.82, 2.24) is 10.3 Å². The lowest BCUT2D eigenvalue weighted by Crippen LogP contribution is -2.64. The fourth-order valence-electron chi connectivity index (χ4n) is 2.66. The number of ether oxygens (including phenoxy) is 2. The predicted octanol–water partition coefficient (Wildman–Crippen LogP) is 1.43. The number of aryl methyl sites for hydroxylation is 1. The van der Waals surface area contributed by atoms with Gasteiger partial charge in [0, 0.05) is 31.8 Å². The Bertz CT molecular complexity index is 418. The number of aromatic nitrogens is 1. The molecule has 0 unspecified atom stereocenters. The summed E-state index contributed by atoms with van der Waals surface area (Å²) < 4.78 is 11.8. The summed E-state index contributed by atoms with van der Waals surface area (Å²) in [5.41, 5.74) is 2.12. The van der Waals surface area contributed by atoms with Crippen LogP contribution in [0.2, 0.25) is 0 Å². The van der Waals surface area contributed by atoms with Crippen LogP contribution in [0.15, 0.2) is 18.2 Å². The second-order valence-corrected chi connectivity index (χ2v) is 5.33. The third-order valence-corrected chi connectivity index (χ3v) is 3.76. The smallest absolute Gasteiger partial charge is 0.0954 e. The monoisotopic (exact) mass is 248 g/mol. The molecular formula is C14H20N2O2. The maximum Gasteiger partial charge on any atom is 0.0954 e. The van der Waals surface area contributed by atoms with Crippen molar-refractivity contribution >= 4 is 0 Å². The minimum atomic E-state index is 0.0585. The summed E-state index contributed by atoms with van der Waals surface area (Å²) >= 11 is 0. The second-order valence-electron chi connectivity index (χ2n) is 5.33. The molecule has 2 saturated heterocycles. The summed E-state index contributed by atoms with van der Waals surface area (Å²) in [6, 6.07) is 6.06. The van der Waals surface area contributed by atoms with Crippen molar-refractivity contribution in [3.63, 3.8) is 0 Å². The van der Waals surface area contributed by atoms with Crippen LogP contribution in [0.25, 0.3) is 0 Å². The molecule has 18 heavy (non-hydrogen) atoms. The van der Waals surface area contributed by atoms with Gasteiger partial charge in [0.1, 0.15) is 0 Å². The van der Waals surface area contributed by atoms with Crippen LogP contribution >= 0.6 is 0 Å². The van der Waals surface area contributed by atoms with Gasteiger partial charge in [-0.1, -0.05) is 6.07 Å². The molecular weight excluding hydrogens is 228 g/mol. The Morgan fingerprint density at radius 3 is 3.11 bits per heavy atom. The minimum Gasteiger partial charge on any atom is -0.372 e. The van der Waals surface area contributed by atoms with Gasteiger partial charge in [0.25, 0.3) is 0 Å². The molecule has 3 rings (SSSR count). The zero-order valence-corrected chi connectivity index (χ0v) is 10.8. The molecule has 4 nitrogen and oxygen atoms in total. The Labute approximate surface area is 108 Å². The summed E-state index contributed by atoms with van der Waals surface area (Å²) in [5, 5.41) is 3.28. The molecule has 0 saturated carbocycles. The van der Waals surface area contributed by atoms with E-state index >= 15 is 0 Å². The van der Waals surface area contributed by atoms with Crippen LogP contribution in [0.3, 0.4) is 0 Å². The van der Waals surface area contributed by atoms with Gasteiger partial charge in [-0.15, -0.1) is 0 Å². The van der Waals surface area contributed by atoms with Gasteiger partial charge in [-0.05, 0) is 25.5 Å². The van der Waals surface area contributed by atoms with Crippen LogP contribution in [0.4, 0.5) is 0 Å². The highest BCUT2D eigenvalue weighted by Crippen LogP contribution is 2.30. The Kier molecular flexibility index (Phi) is 3.33. The molecule has 98 valence electrons. The third kappa shape index (κ3) is 2.55. The van der Waals surface area contributed by atoms with Gasteiger partial charge in [0.15, 0.2) is 0 Å². The summed E-state index contributed by atoms with van der Waals surface area (Å²) in [7, 11) is 0. The largest absolute Gasteiger partial charge is 0.372 e. The fraction of sp³-hybridized carbons (Fsp3) is 0.643. The number of pyridine rings is 1. The van der Waals surface area contributed by atoms with Gasteiger partial charge in [-0.2, -0.15) is 0 Å². The lowest BCUT2D eigenvalue weighted by atomic mass is 9.87. The first-order valence-electron chi connectivity index (χ1n) is 6.65. The van der Waals surface area contributed by atoms with E-state index in [1.54, 1.807) is 0 Å². The van der Waals surface area contributed by atoms with Crippen molar-refractivity contribution < 1.29 is 9.47 Å². The highest BCUT2D eigenvalue weighted by molar-refractivity contribution is 5.09.